The van der Waals surface area contributed by atoms with Crippen molar-refractivity contribution >= 4 is 10.8 Å². The lowest BCUT2D eigenvalue weighted by Crippen LogP contribution is -3.00. The molecule has 8 nitrogen and oxygen atoms in total. The molecule has 3 aromatic rings. The van der Waals surface area contributed by atoms with Gasteiger partial charge in [0.25, 0.3) is 0 Å². The fourth-order valence-electron chi connectivity index (χ4n) is 4.76. The molecule has 2 aromatic carbocycles. The molecule has 2 N–H and O–H groups in total. The second kappa shape index (κ2) is 11.0. The van der Waals surface area contributed by atoms with Gasteiger partial charge in [-0.25, -0.2) is 0 Å². The number of likely N-dealkylation sites (N-methyl/N-ethyl adjacent to an activating group) is 1. The number of pyridine rings is 1. The zero-order chi connectivity index (χ0) is 23.7. The average Bonchev–Trinajstić information content (AvgIpc) is 3.32. The smallest absolute Gasteiger partial charge is 0.231 e. The Balaban J connectivity index is 0.00000289. The number of benzene rings is 2. The largest absolute Gasteiger partial charge is 1.00 e. The van der Waals surface area contributed by atoms with Crippen molar-refractivity contribution < 1.29 is 50.7 Å². The third kappa shape index (κ3) is 5.04. The van der Waals surface area contributed by atoms with Crippen molar-refractivity contribution in [1.82, 2.24) is 4.90 Å². The molecule has 0 bridgehead atoms. The van der Waals surface area contributed by atoms with Crippen molar-refractivity contribution in [2.24, 2.45) is 0 Å². The van der Waals surface area contributed by atoms with E-state index in [0.29, 0.717) is 24.6 Å². The van der Waals surface area contributed by atoms with Gasteiger partial charge in [-0.1, -0.05) is 6.92 Å². The summed E-state index contributed by atoms with van der Waals surface area (Å²) in [6.07, 6.45) is 2.31. The summed E-state index contributed by atoms with van der Waals surface area (Å²) >= 11 is 0. The van der Waals surface area contributed by atoms with Crippen LogP contribution in [0.5, 0.6) is 23.0 Å². The number of methoxy groups -OCH3 is 1. The van der Waals surface area contributed by atoms with E-state index in [1.54, 1.807) is 7.11 Å². The standard InChI is InChI=1S/C26H31N2O6.BrH/c1-3-27(8-9-29)13-19(30)15-32-26-21-14-28-7-6-18-11-24-25(34-16-33-24)12-20(18)22(28)10-17(21)4-5-23(26)31-2;/h4-5,10-12,14,19,29-30H,3,6-9,13,15-16H2,1-2H3;1H/q+1;/p-1. The van der Waals surface area contributed by atoms with Gasteiger partial charge in [0.15, 0.2) is 35.7 Å². The Morgan fingerprint density at radius 3 is 2.71 bits per heavy atom. The van der Waals surface area contributed by atoms with Crippen LogP contribution in [-0.4, -0.2) is 68.0 Å². The van der Waals surface area contributed by atoms with Gasteiger partial charge in [0.05, 0.1) is 24.7 Å². The van der Waals surface area contributed by atoms with Crippen molar-refractivity contribution in [2.75, 3.05) is 46.8 Å². The fraction of sp³-hybridized carbons (Fsp3) is 0.423. The molecule has 9 heteroatoms. The molecule has 0 fully saturated rings. The summed E-state index contributed by atoms with van der Waals surface area (Å²) in [6.45, 7) is 5.00. The molecule has 0 radical (unpaired) electrons. The Bertz CT molecular complexity index is 1200. The maximum atomic E-state index is 10.5. The minimum absolute atomic E-state index is 0. The number of ether oxygens (including phenoxy) is 4. The van der Waals surface area contributed by atoms with E-state index >= 15 is 0 Å². The van der Waals surface area contributed by atoms with Crippen LogP contribution in [0, 0.1) is 0 Å². The van der Waals surface area contributed by atoms with E-state index in [4.69, 9.17) is 18.9 Å². The first kappa shape index (κ1) is 25.5. The van der Waals surface area contributed by atoms with Crippen molar-refractivity contribution in [1.29, 1.82) is 0 Å². The molecule has 188 valence electrons. The van der Waals surface area contributed by atoms with Gasteiger partial charge in [-0.2, -0.15) is 4.57 Å². The van der Waals surface area contributed by atoms with Crippen LogP contribution in [0.3, 0.4) is 0 Å². The van der Waals surface area contributed by atoms with Crippen molar-refractivity contribution in [3.05, 3.63) is 42.1 Å². The molecule has 0 amide bonds. The van der Waals surface area contributed by atoms with Gasteiger partial charge >= 0.3 is 0 Å². The Hall–Kier alpha value is -2.59. The molecule has 0 spiro atoms. The summed E-state index contributed by atoms with van der Waals surface area (Å²) < 4.78 is 25.1. The number of fused-ring (bicyclic) bond motifs is 5. The van der Waals surface area contributed by atoms with E-state index < -0.39 is 6.10 Å². The summed E-state index contributed by atoms with van der Waals surface area (Å²) in [6, 6.07) is 10.2. The number of hydrogen-bond acceptors (Lipinski definition) is 7. The molecular weight excluding hydrogens is 516 g/mol. The van der Waals surface area contributed by atoms with Gasteiger partial charge in [0.2, 0.25) is 12.5 Å². The first-order chi connectivity index (χ1) is 16.6. The molecule has 2 aliphatic rings. The maximum Gasteiger partial charge on any atom is 0.231 e. The van der Waals surface area contributed by atoms with Crippen LogP contribution in [0.2, 0.25) is 0 Å². The lowest BCUT2D eigenvalue weighted by molar-refractivity contribution is -0.686. The van der Waals surface area contributed by atoms with Gasteiger partial charge in [0.1, 0.15) is 12.7 Å². The molecule has 1 unspecified atom stereocenters. The molecule has 1 aromatic heterocycles. The lowest BCUT2D eigenvalue weighted by Gasteiger charge is -2.23. The van der Waals surface area contributed by atoms with E-state index in [2.05, 4.69) is 29.0 Å². The monoisotopic (exact) mass is 546 g/mol. The fourth-order valence-corrected chi connectivity index (χ4v) is 4.76. The molecule has 3 heterocycles. The number of aliphatic hydroxyl groups excluding tert-OH is 2. The second-order valence-corrected chi connectivity index (χ2v) is 8.65. The Labute approximate surface area is 215 Å². The highest BCUT2D eigenvalue weighted by Crippen LogP contribution is 2.41. The van der Waals surface area contributed by atoms with Gasteiger partial charge in [0, 0.05) is 25.6 Å². The first-order valence-electron chi connectivity index (χ1n) is 11.7. The van der Waals surface area contributed by atoms with Crippen LogP contribution in [0.1, 0.15) is 12.5 Å². The van der Waals surface area contributed by atoms with Crippen LogP contribution in [0.25, 0.3) is 22.0 Å². The molecule has 5 rings (SSSR count). The van der Waals surface area contributed by atoms with Crippen LogP contribution < -0.4 is 40.5 Å². The van der Waals surface area contributed by atoms with E-state index in [9.17, 15) is 10.2 Å². The Morgan fingerprint density at radius 1 is 1.17 bits per heavy atom. The third-order valence-electron chi connectivity index (χ3n) is 6.55. The predicted molar refractivity (Wildman–Crippen MR) is 127 cm³/mol. The van der Waals surface area contributed by atoms with Crippen LogP contribution >= 0.6 is 0 Å². The zero-order valence-corrected chi connectivity index (χ0v) is 21.6. The molecule has 0 saturated carbocycles. The molecule has 0 saturated heterocycles. The van der Waals surface area contributed by atoms with Crippen LogP contribution in [-0.2, 0) is 13.0 Å². The van der Waals surface area contributed by atoms with Gasteiger partial charge in [-0.3, -0.25) is 4.90 Å². The number of rotatable bonds is 9. The minimum Gasteiger partial charge on any atom is -1.00 e. The average molecular weight is 547 g/mol. The van der Waals surface area contributed by atoms with Crippen molar-refractivity contribution in [2.45, 2.75) is 26.0 Å². The van der Waals surface area contributed by atoms with Crippen LogP contribution in [0.4, 0.5) is 0 Å². The molecule has 0 aliphatic carbocycles. The number of halogens is 1. The summed E-state index contributed by atoms with van der Waals surface area (Å²) in [4.78, 5) is 1.99. The first-order valence-corrected chi connectivity index (χ1v) is 11.7. The van der Waals surface area contributed by atoms with E-state index in [1.807, 2.05) is 24.0 Å². The van der Waals surface area contributed by atoms with E-state index in [1.165, 1.54) is 5.56 Å². The Kier molecular flexibility index (Phi) is 8.01. The van der Waals surface area contributed by atoms with Gasteiger partial charge in [-0.15, -0.1) is 0 Å². The Morgan fingerprint density at radius 2 is 1.97 bits per heavy atom. The normalized spacial score (nSPS) is 14.3. The SMILES string of the molecule is CCN(CCO)CC(O)COc1c(OC)ccc2cc3[n+](cc12)CCc1cc2c(cc1-3)OCO2.[Br-]. The predicted octanol–water partition coefficient (Wildman–Crippen LogP) is -0.854. The highest BCUT2D eigenvalue weighted by atomic mass is 79.9. The molecular formula is C26H31BrN2O6. The summed E-state index contributed by atoms with van der Waals surface area (Å²) in [7, 11) is 1.62. The van der Waals surface area contributed by atoms with Gasteiger partial charge < -0.3 is 46.1 Å². The van der Waals surface area contributed by atoms with Crippen molar-refractivity contribution in [3.8, 4) is 34.3 Å². The third-order valence-corrected chi connectivity index (χ3v) is 6.55. The summed E-state index contributed by atoms with van der Waals surface area (Å²) in [5.74, 6) is 2.84. The number of aliphatic hydroxyl groups is 2. The number of aromatic nitrogens is 1. The second-order valence-electron chi connectivity index (χ2n) is 8.65. The number of aryl methyl sites for hydroxylation is 2. The maximum absolute atomic E-state index is 10.5. The van der Waals surface area contributed by atoms with E-state index in [0.717, 1.165) is 53.0 Å². The van der Waals surface area contributed by atoms with Crippen LogP contribution in [0.15, 0.2) is 36.5 Å². The minimum atomic E-state index is -0.687. The zero-order valence-electron chi connectivity index (χ0n) is 20.0. The van der Waals surface area contributed by atoms with E-state index in [-0.39, 0.29) is 37.0 Å². The highest BCUT2D eigenvalue weighted by molar-refractivity contribution is 5.91. The number of nitrogens with zero attached hydrogens (tertiary/aromatic N) is 2. The summed E-state index contributed by atoms with van der Waals surface area (Å²) in [5, 5.41) is 21.7. The summed E-state index contributed by atoms with van der Waals surface area (Å²) in [5.41, 5.74) is 3.51. The topological polar surface area (TPSA) is 84.5 Å². The molecule has 1 atom stereocenters. The highest BCUT2D eigenvalue weighted by Gasteiger charge is 2.28. The molecule has 2 aliphatic heterocycles. The lowest BCUT2D eigenvalue weighted by atomic mass is 9.95. The number of hydrogen-bond donors (Lipinski definition) is 2. The van der Waals surface area contributed by atoms with Crippen molar-refractivity contribution in [3.63, 3.8) is 0 Å². The van der Waals surface area contributed by atoms with Gasteiger partial charge in [-0.05, 0) is 41.8 Å². The quantitative estimate of drug-likeness (QED) is 0.338. The molecule has 35 heavy (non-hydrogen) atoms.